The second kappa shape index (κ2) is 5.52. The van der Waals surface area contributed by atoms with Gasteiger partial charge in [0.05, 0.1) is 6.04 Å². The average Bonchev–Trinajstić information content (AvgIpc) is 2.88. The first-order chi connectivity index (χ1) is 9.11. The largest absolute Gasteiger partial charge is 0.465 e. The summed E-state index contributed by atoms with van der Waals surface area (Å²) >= 11 is 0. The summed E-state index contributed by atoms with van der Waals surface area (Å²) in [5, 5.41) is 17.8. The van der Waals surface area contributed by atoms with E-state index in [0.717, 1.165) is 12.8 Å². The summed E-state index contributed by atoms with van der Waals surface area (Å²) < 4.78 is 5.54. The Labute approximate surface area is 110 Å². The third-order valence-electron chi connectivity index (χ3n) is 3.13. The molecule has 0 saturated carbocycles. The minimum atomic E-state index is -0.940. The van der Waals surface area contributed by atoms with Crippen molar-refractivity contribution in [3.8, 4) is 12.1 Å². The van der Waals surface area contributed by atoms with Crippen LogP contribution in [0, 0.1) is 11.3 Å². The van der Waals surface area contributed by atoms with Gasteiger partial charge in [-0.15, -0.1) is 0 Å². The van der Waals surface area contributed by atoms with E-state index < -0.39 is 6.09 Å². The molecule has 1 fully saturated rings. The van der Waals surface area contributed by atoms with Crippen molar-refractivity contribution in [2.24, 2.45) is 0 Å². The minimum Gasteiger partial charge on any atom is -0.465 e. The van der Waals surface area contributed by atoms with Gasteiger partial charge in [0.15, 0.2) is 0 Å². The SMILES string of the molecule is C[C@H](Oc1nccc(C#N)n1)[C@@H]1CCCN1C(=O)O. The third kappa shape index (κ3) is 2.91. The van der Waals surface area contributed by atoms with E-state index in [0.29, 0.717) is 6.54 Å². The lowest BCUT2D eigenvalue weighted by molar-refractivity contribution is 0.0856. The van der Waals surface area contributed by atoms with Gasteiger partial charge in [0, 0.05) is 12.7 Å². The molecule has 1 aliphatic heterocycles. The highest BCUT2D eigenvalue weighted by atomic mass is 16.5. The molecular weight excluding hydrogens is 248 g/mol. The van der Waals surface area contributed by atoms with Crippen LogP contribution in [0.3, 0.4) is 0 Å². The van der Waals surface area contributed by atoms with Crippen LogP contribution in [-0.4, -0.2) is 44.8 Å². The fourth-order valence-corrected chi connectivity index (χ4v) is 2.22. The average molecular weight is 262 g/mol. The number of carboxylic acid groups (broad SMARTS) is 1. The number of ether oxygens (including phenoxy) is 1. The van der Waals surface area contributed by atoms with Crippen LogP contribution in [0.5, 0.6) is 6.01 Å². The molecule has 1 aromatic heterocycles. The highest BCUT2D eigenvalue weighted by Crippen LogP contribution is 2.22. The molecular formula is C12H14N4O3. The molecule has 0 spiro atoms. The van der Waals surface area contributed by atoms with Gasteiger partial charge in [-0.1, -0.05) is 0 Å². The summed E-state index contributed by atoms with van der Waals surface area (Å²) in [6.45, 7) is 2.31. The molecule has 19 heavy (non-hydrogen) atoms. The number of carbonyl (C=O) groups is 1. The number of nitriles is 1. The van der Waals surface area contributed by atoms with E-state index in [1.807, 2.05) is 6.07 Å². The van der Waals surface area contributed by atoms with Crippen molar-refractivity contribution in [2.75, 3.05) is 6.54 Å². The number of hydrogen-bond donors (Lipinski definition) is 1. The summed E-state index contributed by atoms with van der Waals surface area (Å²) in [6.07, 6.45) is 1.73. The maximum absolute atomic E-state index is 11.1. The summed E-state index contributed by atoms with van der Waals surface area (Å²) in [5.74, 6) is 0. The van der Waals surface area contributed by atoms with Crippen molar-refractivity contribution in [3.63, 3.8) is 0 Å². The van der Waals surface area contributed by atoms with Crippen LogP contribution in [0.1, 0.15) is 25.5 Å². The first-order valence-electron chi connectivity index (χ1n) is 6.01. The molecule has 1 saturated heterocycles. The molecule has 7 nitrogen and oxygen atoms in total. The topological polar surface area (TPSA) is 99.3 Å². The number of amides is 1. The fraction of sp³-hybridized carbons (Fsp3) is 0.500. The van der Waals surface area contributed by atoms with Gasteiger partial charge < -0.3 is 14.7 Å². The molecule has 2 rings (SSSR count). The van der Waals surface area contributed by atoms with E-state index in [-0.39, 0.29) is 23.9 Å². The van der Waals surface area contributed by atoms with Crippen molar-refractivity contribution in [1.29, 1.82) is 5.26 Å². The summed E-state index contributed by atoms with van der Waals surface area (Å²) in [4.78, 5) is 20.3. The van der Waals surface area contributed by atoms with Gasteiger partial charge in [0.2, 0.25) is 0 Å². The first kappa shape index (κ1) is 13.1. The molecule has 0 unspecified atom stereocenters. The lowest BCUT2D eigenvalue weighted by Crippen LogP contribution is -2.43. The van der Waals surface area contributed by atoms with Crippen LogP contribution in [-0.2, 0) is 0 Å². The Kier molecular flexibility index (Phi) is 3.80. The van der Waals surface area contributed by atoms with Crippen molar-refractivity contribution < 1.29 is 14.6 Å². The Morgan fingerprint density at radius 2 is 2.53 bits per heavy atom. The molecule has 0 aliphatic carbocycles. The van der Waals surface area contributed by atoms with Gasteiger partial charge in [-0.25, -0.2) is 9.78 Å². The third-order valence-corrected chi connectivity index (χ3v) is 3.13. The number of aromatic nitrogens is 2. The fourth-order valence-electron chi connectivity index (χ4n) is 2.22. The lowest BCUT2D eigenvalue weighted by atomic mass is 10.1. The zero-order valence-electron chi connectivity index (χ0n) is 10.5. The summed E-state index contributed by atoms with van der Waals surface area (Å²) in [5.41, 5.74) is 0.221. The number of nitrogens with zero attached hydrogens (tertiary/aromatic N) is 4. The van der Waals surface area contributed by atoms with E-state index in [4.69, 9.17) is 15.1 Å². The molecule has 1 N–H and O–H groups in total. The monoisotopic (exact) mass is 262 g/mol. The minimum absolute atomic E-state index is 0.101. The molecule has 1 aromatic rings. The van der Waals surface area contributed by atoms with Crippen molar-refractivity contribution in [1.82, 2.24) is 14.9 Å². The molecule has 100 valence electrons. The molecule has 2 heterocycles. The Morgan fingerprint density at radius 3 is 3.21 bits per heavy atom. The van der Waals surface area contributed by atoms with Gasteiger partial charge in [-0.3, -0.25) is 0 Å². The molecule has 0 bridgehead atoms. The second-order valence-electron chi connectivity index (χ2n) is 4.34. The maximum Gasteiger partial charge on any atom is 0.407 e. The van der Waals surface area contributed by atoms with Gasteiger partial charge in [0.1, 0.15) is 17.9 Å². The Balaban J connectivity index is 2.06. The smallest absolute Gasteiger partial charge is 0.407 e. The standard InChI is InChI=1S/C12H14N4O3/c1-8(10-3-2-6-16(10)12(17)18)19-11-14-5-4-9(7-13)15-11/h4-5,8,10H,2-3,6H2,1H3,(H,17,18)/t8-,10-/m0/s1. The molecule has 0 aromatic carbocycles. The number of likely N-dealkylation sites (tertiary alicyclic amines) is 1. The van der Waals surface area contributed by atoms with Gasteiger partial charge in [0.25, 0.3) is 0 Å². The van der Waals surface area contributed by atoms with Crippen molar-refractivity contribution >= 4 is 6.09 Å². The van der Waals surface area contributed by atoms with E-state index in [1.165, 1.54) is 17.2 Å². The predicted molar refractivity (Wildman–Crippen MR) is 64.6 cm³/mol. The summed E-state index contributed by atoms with van der Waals surface area (Å²) in [7, 11) is 0. The maximum atomic E-state index is 11.1. The number of hydrogen-bond acceptors (Lipinski definition) is 5. The molecule has 7 heteroatoms. The van der Waals surface area contributed by atoms with E-state index in [9.17, 15) is 4.79 Å². The molecule has 1 amide bonds. The van der Waals surface area contributed by atoms with E-state index in [1.54, 1.807) is 6.92 Å². The lowest BCUT2D eigenvalue weighted by Gasteiger charge is -2.26. The molecule has 1 aliphatic rings. The normalized spacial score (nSPS) is 19.8. The zero-order valence-corrected chi connectivity index (χ0v) is 10.5. The molecule has 0 radical (unpaired) electrons. The molecule has 2 atom stereocenters. The Morgan fingerprint density at radius 1 is 1.74 bits per heavy atom. The van der Waals surface area contributed by atoms with Crippen LogP contribution in [0.2, 0.25) is 0 Å². The first-order valence-corrected chi connectivity index (χ1v) is 6.01. The predicted octanol–water partition coefficient (Wildman–Crippen LogP) is 1.26. The second-order valence-corrected chi connectivity index (χ2v) is 4.34. The zero-order chi connectivity index (χ0) is 13.8. The van der Waals surface area contributed by atoms with Crippen LogP contribution < -0.4 is 4.74 Å². The Hall–Kier alpha value is -2.36. The quantitative estimate of drug-likeness (QED) is 0.880. The van der Waals surface area contributed by atoms with Gasteiger partial charge in [-0.2, -0.15) is 10.2 Å². The van der Waals surface area contributed by atoms with Crippen LogP contribution >= 0.6 is 0 Å². The van der Waals surface area contributed by atoms with E-state index in [2.05, 4.69) is 9.97 Å². The van der Waals surface area contributed by atoms with E-state index >= 15 is 0 Å². The number of rotatable bonds is 3. The summed E-state index contributed by atoms with van der Waals surface area (Å²) in [6, 6.07) is 3.28. The van der Waals surface area contributed by atoms with Crippen LogP contribution in [0.4, 0.5) is 4.79 Å². The van der Waals surface area contributed by atoms with Gasteiger partial charge in [-0.05, 0) is 25.8 Å². The van der Waals surface area contributed by atoms with Crippen molar-refractivity contribution in [2.45, 2.75) is 31.9 Å². The van der Waals surface area contributed by atoms with Crippen molar-refractivity contribution in [3.05, 3.63) is 18.0 Å². The highest BCUT2D eigenvalue weighted by Gasteiger charge is 2.34. The van der Waals surface area contributed by atoms with Gasteiger partial charge >= 0.3 is 12.1 Å². The highest BCUT2D eigenvalue weighted by molar-refractivity contribution is 5.65. The van der Waals surface area contributed by atoms with Crippen LogP contribution in [0.15, 0.2) is 12.3 Å². The Bertz CT molecular complexity index is 514. The van der Waals surface area contributed by atoms with Crippen LogP contribution in [0.25, 0.3) is 0 Å².